The summed E-state index contributed by atoms with van der Waals surface area (Å²) >= 11 is 0. The van der Waals surface area contributed by atoms with E-state index in [0.29, 0.717) is 0 Å². The highest BCUT2D eigenvalue weighted by Crippen LogP contribution is 2.44. The molecule has 0 aliphatic heterocycles. The van der Waals surface area contributed by atoms with Crippen LogP contribution in [0.2, 0.25) is 0 Å². The van der Waals surface area contributed by atoms with E-state index in [1.165, 1.54) is 65.6 Å². The van der Waals surface area contributed by atoms with Crippen molar-refractivity contribution in [2.24, 2.45) is 0 Å². The second-order valence-electron chi connectivity index (χ2n) is 13.3. The normalized spacial score (nSPS) is 11.5. The lowest BCUT2D eigenvalue weighted by Crippen LogP contribution is -2.11. The second kappa shape index (κ2) is 12.5. The van der Waals surface area contributed by atoms with Crippen molar-refractivity contribution < 1.29 is 0 Å². The predicted octanol–water partition coefficient (Wildman–Crippen LogP) is 13.9. The number of aromatic nitrogens is 1. The maximum atomic E-state index is 2.44. The molecular formula is C50H34N2. The van der Waals surface area contributed by atoms with Gasteiger partial charge in [-0.25, -0.2) is 0 Å². The van der Waals surface area contributed by atoms with E-state index in [2.05, 4.69) is 216 Å². The minimum atomic E-state index is 1.11. The lowest BCUT2D eigenvalue weighted by atomic mass is 9.99. The number of para-hydroxylation sites is 2. The molecule has 0 amide bonds. The highest BCUT2D eigenvalue weighted by atomic mass is 15.1. The van der Waals surface area contributed by atoms with Gasteiger partial charge in [0, 0.05) is 38.5 Å². The van der Waals surface area contributed by atoms with E-state index in [0.717, 1.165) is 22.7 Å². The summed E-state index contributed by atoms with van der Waals surface area (Å²) in [5.74, 6) is 0. The largest absolute Gasteiger partial charge is 0.309 e. The lowest BCUT2D eigenvalue weighted by molar-refractivity contribution is 1.19. The van der Waals surface area contributed by atoms with Gasteiger partial charge in [0.15, 0.2) is 0 Å². The Morgan fingerprint density at radius 3 is 1.75 bits per heavy atom. The van der Waals surface area contributed by atoms with Crippen molar-refractivity contribution >= 4 is 60.4 Å². The molecule has 0 spiro atoms. The first-order valence-electron chi connectivity index (χ1n) is 17.9. The monoisotopic (exact) mass is 662 g/mol. The molecule has 0 saturated carbocycles. The molecule has 1 aromatic heterocycles. The summed E-state index contributed by atoms with van der Waals surface area (Å²) in [4.78, 5) is 2.41. The molecule has 0 atom stereocenters. The van der Waals surface area contributed by atoms with Crippen molar-refractivity contribution in [3.05, 3.63) is 206 Å². The number of hydrogen-bond acceptors (Lipinski definition) is 1. The highest BCUT2D eigenvalue weighted by Gasteiger charge is 2.20. The molecule has 244 valence electrons. The van der Waals surface area contributed by atoms with Crippen LogP contribution in [0.5, 0.6) is 0 Å². The van der Waals surface area contributed by atoms with Gasteiger partial charge in [-0.3, -0.25) is 0 Å². The zero-order chi connectivity index (χ0) is 34.4. The van der Waals surface area contributed by atoms with Gasteiger partial charge >= 0.3 is 0 Å². The predicted molar refractivity (Wildman–Crippen MR) is 221 cm³/mol. The first-order chi connectivity index (χ1) is 25.8. The number of anilines is 3. The number of rotatable bonds is 6. The molecule has 0 fully saturated rings. The molecule has 0 bridgehead atoms. The average molecular weight is 663 g/mol. The Labute approximate surface area is 303 Å². The molecule has 2 heteroatoms. The number of nitrogens with zero attached hydrogens (tertiary/aromatic N) is 2. The van der Waals surface area contributed by atoms with E-state index in [1.807, 2.05) is 0 Å². The molecule has 10 rings (SSSR count). The Kier molecular flexibility index (Phi) is 7.18. The van der Waals surface area contributed by atoms with Crippen molar-refractivity contribution in [3.63, 3.8) is 0 Å². The van der Waals surface area contributed by atoms with E-state index in [1.54, 1.807) is 0 Å². The van der Waals surface area contributed by atoms with Crippen molar-refractivity contribution in [2.45, 2.75) is 0 Å². The summed E-state index contributed by atoms with van der Waals surface area (Å²) in [6.45, 7) is 0. The van der Waals surface area contributed by atoms with Crippen molar-refractivity contribution in [2.75, 3.05) is 4.90 Å². The zero-order valence-corrected chi connectivity index (χ0v) is 28.5. The van der Waals surface area contributed by atoms with E-state index < -0.39 is 0 Å². The number of benzene rings is 9. The molecule has 0 saturated heterocycles. The molecule has 0 N–H and O–H groups in total. The fraction of sp³-hybridized carbons (Fsp3) is 0. The maximum Gasteiger partial charge on any atom is 0.0619 e. The summed E-state index contributed by atoms with van der Waals surface area (Å²) in [5, 5.41) is 7.45. The Morgan fingerprint density at radius 1 is 0.346 bits per heavy atom. The van der Waals surface area contributed by atoms with Gasteiger partial charge in [-0.2, -0.15) is 0 Å². The Bertz CT molecular complexity index is 2880. The second-order valence-corrected chi connectivity index (χ2v) is 13.3. The highest BCUT2D eigenvalue weighted by molar-refractivity contribution is 6.19. The minimum Gasteiger partial charge on any atom is -0.309 e. The molecule has 0 aliphatic rings. The van der Waals surface area contributed by atoms with Gasteiger partial charge in [0.25, 0.3) is 0 Å². The van der Waals surface area contributed by atoms with E-state index >= 15 is 0 Å². The summed E-state index contributed by atoms with van der Waals surface area (Å²) in [5.41, 5.74) is 11.7. The average Bonchev–Trinajstić information content (AvgIpc) is 3.56. The molecule has 0 aliphatic carbocycles. The van der Waals surface area contributed by atoms with Gasteiger partial charge < -0.3 is 9.47 Å². The van der Waals surface area contributed by atoms with Gasteiger partial charge in [0.05, 0.1) is 22.4 Å². The Balaban J connectivity index is 1.15. The summed E-state index contributed by atoms with van der Waals surface area (Å²) in [7, 11) is 0. The van der Waals surface area contributed by atoms with Crippen LogP contribution < -0.4 is 4.90 Å². The molecule has 0 unspecified atom stereocenters. The van der Waals surface area contributed by atoms with Crippen molar-refractivity contribution in [1.29, 1.82) is 0 Å². The Morgan fingerprint density at radius 2 is 0.942 bits per heavy atom. The lowest BCUT2D eigenvalue weighted by Gasteiger charge is -2.29. The van der Waals surface area contributed by atoms with Crippen LogP contribution in [0.4, 0.5) is 17.1 Å². The number of hydrogen-bond donors (Lipinski definition) is 0. The standard InChI is InChI=1S/C50H34N2/c1-3-14-36(15-4-1)42-22-11-12-24-47(42)51(48-25-13-18-37-16-7-9-21-43(37)48)41-30-26-35(27-31-41)39-29-32-45-46-33-28-38-17-8-10-23-44(38)50(46)52(49(45)34-39)40-19-5-2-6-20-40/h1-34H. The summed E-state index contributed by atoms with van der Waals surface area (Å²) in [6, 6.07) is 74.6. The van der Waals surface area contributed by atoms with Crippen LogP contribution in [-0.2, 0) is 0 Å². The smallest absolute Gasteiger partial charge is 0.0619 e. The zero-order valence-electron chi connectivity index (χ0n) is 28.5. The molecule has 10 aromatic rings. The molecular weight excluding hydrogens is 629 g/mol. The van der Waals surface area contributed by atoms with E-state index in [9.17, 15) is 0 Å². The molecule has 9 aromatic carbocycles. The third-order valence-corrected chi connectivity index (χ3v) is 10.4. The fourth-order valence-electron chi connectivity index (χ4n) is 7.95. The van der Waals surface area contributed by atoms with Crippen LogP contribution in [0.25, 0.3) is 71.3 Å². The first-order valence-corrected chi connectivity index (χ1v) is 17.9. The third-order valence-electron chi connectivity index (χ3n) is 10.4. The topological polar surface area (TPSA) is 8.17 Å². The SMILES string of the molecule is c1ccc(-c2ccccc2N(c2ccc(-c3ccc4c5ccc6ccccc6c5n(-c5ccccc5)c4c3)cc2)c2cccc3ccccc23)cc1. The molecule has 52 heavy (non-hydrogen) atoms. The Hall–Kier alpha value is -6.90. The van der Waals surface area contributed by atoms with Gasteiger partial charge in [0.2, 0.25) is 0 Å². The van der Waals surface area contributed by atoms with Crippen molar-refractivity contribution in [1.82, 2.24) is 4.57 Å². The van der Waals surface area contributed by atoms with Crippen LogP contribution in [0.3, 0.4) is 0 Å². The van der Waals surface area contributed by atoms with Crippen LogP contribution in [0.15, 0.2) is 206 Å². The van der Waals surface area contributed by atoms with Gasteiger partial charge in [-0.1, -0.05) is 164 Å². The molecule has 1 heterocycles. The van der Waals surface area contributed by atoms with Gasteiger partial charge in [0.1, 0.15) is 0 Å². The van der Waals surface area contributed by atoms with Crippen molar-refractivity contribution in [3.8, 4) is 27.9 Å². The van der Waals surface area contributed by atoms with Crippen LogP contribution in [0, 0.1) is 0 Å². The summed E-state index contributed by atoms with van der Waals surface area (Å²) in [6.07, 6.45) is 0. The summed E-state index contributed by atoms with van der Waals surface area (Å²) < 4.78 is 2.44. The van der Waals surface area contributed by atoms with Gasteiger partial charge in [-0.05, 0) is 69.9 Å². The van der Waals surface area contributed by atoms with E-state index in [-0.39, 0.29) is 0 Å². The maximum absolute atomic E-state index is 2.44. The minimum absolute atomic E-state index is 1.11. The van der Waals surface area contributed by atoms with Crippen LogP contribution in [0.1, 0.15) is 0 Å². The van der Waals surface area contributed by atoms with Crippen LogP contribution in [-0.4, -0.2) is 4.57 Å². The quantitative estimate of drug-likeness (QED) is 0.172. The number of fused-ring (bicyclic) bond motifs is 6. The third kappa shape index (κ3) is 4.96. The van der Waals surface area contributed by atoms with Crippen LogP contribution >= 0.6 is 0 Å². The van der Waals surface area contributed by atoms with E-state index in [4.69, 9.17) is 0 Å². The van der Waals surface area contributed by atoms with Gasteiger partial charge in [-0.15, -0.1) is 0 Å². The fourth-order valence-corrected chi connectivity index (χ4v) is 7.95. The molecule has 2 nitrogen and oxygen atoms in total. The first kappa shape index (κ1) is 30.0. The molecule has 0 radical (unpaired) electrons.